The molecule has 1 aliphatic heterocycles. The molecule has 1 saturated heterocycles. The van der Waals surface area contributed by atoms with Crippen LogP contribution in [0.4, 0.5) is 5.69 Å². The molecule has 0 radical (unpaired) electrons. The first kappa shape index (κ1) is 22.2. The van der Waals surface area contributed by atoms with Gasteiger partial charge in [-0.2, -0.15) is 4.31 Å². The van der Waals surface area contributed by atoms with Gasteiger partial charge in [0.05, 0.1) is 18.1 Å². The number of sulfonamides is 1. The van der Waals surface area contributed by atoms with Gasteiger partial charge in [-0.1, -0.05) is 18.2 Å². The van der Waals surface area contributed by atoms with Crippen LogP contribution < -0.4 is 4.90 Å². The summed E-state index contributed by atoms with van der Waals surface area (Å²) in [4.78, 5) is 14.9. The molecule has 0 bridgehead atoms. The highest BCUT2D eigenvalue weighted by Crippen LogP contribution is 2.19. The van der Waals surface area contributed by atoms with Gasteiger partial charge in [0.1, 0.15) is 0 Å². The molecule has 0 unspecified atom stereocenters. The number of anilines is 1. The minimum absolute atomic E-state index is 0.168. The summed E-state index contributed by atoms with van der Waals surface area (Å²) in [6.07, 6.45) is 3.28. The van der Waals surface area contributed by atoms with Gasteiger partial charge in [0.2, 0.25) is 10.0 Å². The summed E-state index contributed by atoms with van der Waals surface area (Å²) in [7, 11) is -3.56. The molecule has 2 aromatic carbocycles. The Morgan fingerprint density at radius 3 is 2.17 bits per heavy atom. The molecule has 0 amide bonds. The first-order valence-electron chi connectivity index (χ1n) is 10.2. The van der Waals surface area contributed by atoms with Crippen molar-refractivity contribution in [1.82, 2.24) is 4.31 Å². The molecule has 0 aliphatic carbocycles. The summed E-state index contributed by atoms with van der Waals surface area (Å²) in [5.41, 5.74) is 2.54. The van der Waals surface area contributed by atoms with E-state index in [4.69, 9.17) is 4.74 Å². The standard InChI is InChI=1S/C23H28N2O4S/c1-3-24(4-2)21-10-5-19(6-11-21)7-14-23(26)20-8-12-22(13-9-20)30(27,28)25-15-17-29-18-16-25/h5-14H,3-4,15-18H2,1-2H3/b14-7+. The molecule has 0 spiro atoms. The first-order chi connectivity index (χ1) is 14.5. The van der Waals surface area contributed by atoms with E-state index in [-0.39, 0.29) is 10.7 Å². The molecule has 7 heteroatoms. The molecule has 1 fully saturated rings. The van der Waals surface area contributed by atoms with E-state index in [1.165, 1.54) is 22.5 Å². The molecular formula is C23H28N2O4S. The van der Waals surface area contributed by atoms with Gasteiger partial charge in [0, 0.05) is 37.4 Å². The summed E-state index contributed by atoms with van der Waals surface area (Å²) in [5.74, 6) is -0.168. The number of carbonyl (C=O) groups is 1. The van der Waals surface area contributed by atoms with Crippen molar-refractivity contribution < 1.29 is 17.9 Å². The maximum atomic E-state index is 12.7. The van der Waals surface area contributed by atoms with Crippen LogP contribution in [-0.2, 0) is 14.8 Å². The van der Waals surface area contributed by atoms with E-state index in [9.17, 15) is 13.2 Å². The van der Waals surface area contributed by atoms with Gasteiger partial charge in [0.15, 0.2) is 5.78 Å². The number of benzene rings is 2. The van der Waals surface area contributed by atoms with E-state index in [1.54, 1.807) is 18.2 Å². The Bertz CT molecular complexity index is 973. The topological polar surface area (TPSA) is 66.9 Å². The zero-order chi connectivity index (χ0) is 21.6. The predicted octanol–water partition coefficient (Wildman–Crippen LogP) is 3.45. The van der Waals surface area contributed by atoms with Crippen molar-refractivity contribution in [1.29, 1.82) is 0 Å². The van der Waals surface area contributed by atoms with Gasteiger partial charge < -0.3 is 9.64 Å². The molecule has 0 aromatic heterocycles. The van der Waals surface area contributed by atoms with Crippen LogP contribution in [0.25, 0.3) is 6.08 Å². The van der Waals surface area contributed by atoms with Crippen LogP contribution in [0.1, 0.15) is 29.8 Å². The average molecular weight is 429 g/mol. The Hall–Kier alpha value is -2.48. The molecule has 3 rings (SSSR count). The number of ketones is 1. The van der Waals surface area contributed by atoms with Crippen molar-refractivity contribution in [2.75, 3.05) is 44.3 Å². The molecule has 0 saturated carbocycles. The van der Waals surface area contributed by atoms with Crippen LogP contribution in [0.2, 0.25) is 0 Å². The number of hydrogen-bond donors (Lipinski definition) is 0. The zero-order valence-electron chi connectivity index (χ0n) is 17.5. The smallest absolute Gasteiger partial charge is 0.243 e. The fourth-order valence-electron chi connectivity index (χ4n) is 3.38. The molecule has 0 atom stereocenters. The van der Waals surface area contributed by atoms with Crippen LogP contribution in [0.3, 0.4) is 0 Å². The lowest BCUT2D eigenvalue weighted by Gasteiger charge is -2.26. The third-order valence-corrected chi connectivity index (χ3v) is 7.11. The lowest BCUT2D eigenvalue weighted by atomic mass is 10.1. The highest BCUT2D eigenvalue weighted by Gasteiger charge is 2.26. The van der Waals surface area contributed by atoms with Gasteiger partial charge in [-0.3, -0.25) is 4.79 Å². The summed E-state index contributed by atoms with van der Waals surface area (Å²) in [6, 6.07) is 14.2. The number of hydrogen-bond acceptors (Lipinski definition) is 5. The van der Waals surface area contributed by atoms with Gasteiger partial charge in [0.25, 0.3) is 0 Å². The minimum atomic E-state index is -3.56. The molecule has 1 aliphatic rings. The van der Waals surface area contributed by atoms with Gasteiger partial charge in [-0.15, -0.1) is 0 Å². The third-order valence-electron chi connectivity index (χ3n) is 5.20. The van der Waals surface area contributed by atoms with Crippen molar-refractivity contribution >= 4 is 27.6 Å². The van der Waals surface area contributed by atoms with Crippen LogP contribution in [0, 0.1) is 0 Å². The van der Waals surface area contributed by atoms with Crippen molar-refractivity contribution in [2.45, 2.75) is 18.7 Å². The largest absolute Gasteiger partial charge is 0.379 e. The Balaban J connectivity index is 1.67. The second kappa shape index (κ2) is 10.0. The highest BCUT2D eigenvalue weighted by molar-refractivity contribution is 7.89. The molecular weight excluding hydrogens is 400 g/mol. The lowest BCUT2D eigenvalue weighted by molar-refractivity contribution is 0.0730. The second-order valence-electron chi connectivity index (χ2n) is 7.00. The average Bonchev–Trinajstić information content (AvgIpc) is 2.80. The Labute approximate surface area is 178 Å². The quantitative estimate of drug-likeness (QED) is 0.476. The Kier molecular flexibility index (Phi) is 7.42. The molecule has 160 valence electrons. The number of rotatable bonds is 8. The van der Waals surface area contributed by atoms with E-state index in [0.29, 0.717) is 31.9 Å². The summed E-state index contributed by atoms with van der Waals surface area (Å²) >= 11 is 0. The number of morpholine rings is 1. The highest BCUT2D eigenvalue weighted by atomic mass is 32.2. The number of carbonyl (C=O) groups excluding carboxylic acids is 1. The summed E-state index contributed by atoms with van der Waals surface area (Å²) in [6.45, 7) is 7.62. The molecule has 1 heterocycles. The lowest BCUT2D eigenvalue weighted by Crippen LogP contribution is -2.40. The van der Waals surface area contributed by atoms with Crippen molar-refractivity contribution in [2.24, 2.45) is 0 Å². The summed E-state index contributed by atoms with van der Waals surface area (Å²) in [5, 5.41) is 0. The first-order valence-corrected chi connectivity index (χ1v) is 11.6. The fraction of sp³-hybridized carbons (Fsp3) is 0.348. The Morgan fingerprint density at radius 2 is 1.60 bits per heavy atom. The van der Waals surface area contributed by atoms with Gasteiger partial charge >= 0.3 is 0 Å². The van der Waals surface area contributed by atoms with Gasteiger partial charge in [-0.05, 0) is 61.9 Å². The van der Waals surface area contributed by atoms with E-state index in [2.05, 4.69) is 18.7 Å². The van der Waals surface area contributed by atoms with E-state index < -0.39 is 10.0 Å². The number of nitrogens with zero attached hydrogens (tertiary/aromatic N) is 2. The van der Waals surface area contributed by atoms with Crippen molar-refractivity contribution in [3.8, 4) is 0 Å². The van der Waals surface area contributed by atoms with Crippen LogP contribution in [0.15, 0.2) is 59.5 Å². The van der Waals surface area contributed by atoms with Gasteiger partial charge in [-0.25, -0.2) is 8.42 Å². The van der Waals surface area contributed by atoms with Crippen LogP contribution in [0.5, 0.6) is 0 Å². The fourth-order valence-corrected chi connectivity index (χ4v) is 4.79. The monoisotopic (exact) mass is 428 g/mol. The van der Waals surface area contributed by atoms with E-state index >= 15 is 0 Å². The molecule has 2 aromatic rings. The zero-order valence-corrected chi connectivity index (χ0v) is 18.3. The minimum Gasteiger partial charge on any atom is -0.379 e. The number of ether oxygens (including phenoxy) is 1. The Morgan fingerprint density at radius 1 is 1.00 bits per heavy atom. The molecule has 0 N–H and O–H groups in total. The molecule has 6 nitrogen and oxygen atoms in total. The summed E-state index contributed by atoms with van der Waals surface area (Å²) < 4.78 is 32.0. The molecule has 30 heavy (non-hydrogen) atoms. The maximum Gasteiger partial charge on any atom is 0.243 e. The SMILES string of the molecule is CCN(CC)c1ccc(/C=C/C(=O)c2ccc(S(=O)(=O)N3CCOCC3)cc2)cc1. The second-order valence-corrected chi connectivity index (χ2v) is 8.94. The van der Waals surface area contributed by atoms with Crippen LogP contribution >= 0.6 is 0 Å². The third kappa shape index (κ3) is 5.16. The van der Waals surface area contributed by atoms with E-state index in [0.717, 1.165) is 24.3 Å². The van der Waals surface area contributed by atoms with Crippen molar-refractivity contribution in [3.63, 3.8) is 0 Å². The maximum absolute atomic E-state index is 12.7. The van der Waals surface area contributed by atoms with Crippen LogP contribution in [-0.4, -0.2) is 57.9 Å². The predicted molar refractivity (Wildman–Crippen MR) is 119 cm³/mol. The van der Waals surface area contributed by atoms with Crippen molar-refractivity contribution in [3.05, 3.63) is 65.7 Å². The van der Waals surface area contributed by atoms with E-state index in [1.807, 2.05) is 24.3 Å². The normalized spacial score (nSPS) is 15.4. The number of allylic oxidation sites excluding steroid dienone is 1.